The number of likely N-dealkylation sites (tertiary alicyclic amines) is 1. The first-order valence-corrected chi connectivity index (χ1v) is 11.0. The summed E-state index contributed by atoms with van der Waals surface area (Å²) < 4.78 is 5.70. The first-order chi connectivity index (χ1) is 14.6. The Hall–Kier alpha value is -2.83. The predicted octanol–water partition coefficient (Wildman–Crippen LogP) is 3.89. The van der Waals surface area contributed by atoms with E-state index in [1.165, 1.54) is 19.3 Å². The zero-order valence-electron chi connectivity index (χ0n) is 17.5. The highest BCUT2D eigenvalue weighted by molar-refractivity contribution is 5.93. The van der Waals surface area contributed by atoms with Gasteiger partial charge in [-0.25, -0.2) is 9.78 Å². The number of hydrogen-bond acceptors (Lipinski definition) is 4. The SMILES string of the molecule is Cc1oc(-c2ccccc2)nc1C(=O)NC1CCN(C(=O)NC2CCCCC2)CC1. The van der Waals surface area contributed by atoms with Crippen molar-refractivity contribution in [1.82, 2.24) is 20.5 Å². The second kappa shape index (κ2) is 9.32. The number of aromatic nitrogens is 1. The zero-order chi connectivity index (χ0) is 20.9. The summed E-state index contributed by atoms with van der Waals surface area (Å²) >= 11 is 0. The number of oxazole rings is 1. The van der Waals surface area contributed by atoms with Crippen LogP contribution in [0.15, 0.2) is 34.7 Å². The summed E-state index contributed by atoms with van der Waals surface area (Å²) in [5.41, 5.74) is 1.17. The van der Waals surface area contributed by atoms with Gasteiger partial charge in [0.2, 0.25) is 5.89 Å². The van der Waals surface area contributed by atoms with Gasteiger partial charge < -0.3 is 20.0 Å². The average Bonchev–Trinajstić information content (AvgIpc) is 3.17. The maximum absolute atomic E-state index is 12.7. The van der Waals surface area contributed by atoms with Crippen molar-refractivity contribution in [2.24, 2.45) is 0 Å². The molecule has 2 aliphatic rings. The first-order valence-electron chi connectivity index (χ1n) is 11.0. The number of aryl methyl sites for hydroxylation is 1. The molecule has 2 heterocycles. The van der Waals surface area contributed by atoms with Gasteiger partial charge in [0.05, 0.1) is 0 Å². The minimum absolute atomic E-state index is 0.0338. The minimum Gasteiger partial charge on any atom is -0.441 e. The van der Waals surface area contributed by atoms with Crippen molar-refractivity contribution in [3.63, 3.8) is 0 Å². The number of carbonyl (C=O) groups is 2. The predicted molar refractivity (Wildman–Crippen MR) is 114 cm³/mol. The van der Waals surface area contributed by atoms with Crippen LogP contribution in [-0.2, 0) is 0 Å². The van der Waals surface area contributed by atoms with Crippen LogP contribution in [0.3, 0.4) is 0 Å². The molecular weight excluding hydrogens is 380 g/mol. The van der Waals surface area contributed by atoms with Gasteiger partial charge in [0.15, 0.2) is 5.69 Å². The number of carbonyl (C=O) groups excluding carboxylic acids is 2. The molecule has 1 aliphatic heterocycles. The Bertz CT molecular complexity index is 866. The third kappa shape index (κ3) is 4.83. The lowest BCUT2D eigenvalue weighted by Gasteiger charge is -2.34. The van der Waals surface area contributed by atoms with Crippen molar-refractivity contribution in [2.75, 3.05) is 13.1 Å². The number of urea groups is 1. The summed E-state index contributed by atoms with van der Waals surface area (Å²) in [5.74, 6) is 0.742. The smallest absolute Gasteiger partial charge is 0.317 e. The van der Waals surface area contributed by atoms with E-state index in [-0.39, 0.29) is 18.0 Å². The molecule has 0 spiro atoms. The number of nitrogens with zero attached hydrogens (tertiary/aromatic N) is 2. The number of nitrogens with one attached hydrogen (secondary N) is 2. The molecule has 3 amide bonds. The van der Waals surface area contributed by atoms with Crippen LogP contribution in [0.5, 0.6) is 0 Å². The largest absolute Gasteiger partial charge is 0.441 e. The molecular formula is C23H30N4O3. The van der Waals surface area contributed by atoms with E-state index in [0.29, 0.717) is 36.5 Å². The van der Waals surface area contributed by atoms with Crippen LogP contribution in [0.2, 0.25) is 0 Å². The fraction of sp³-hybridized carbons (Fsp3) is 0.522. The third-order valence-corrected chi connectivity index (χ3v) is 6.08. The average molecular weight is 411 g/mol. The van der Waals surface area contributed by atoms with E-state index in [1.807, 2.05) is 35.2 Å². The van der Waals surface area contributed by atoms with Gasteiger partial charge >= 0.3 is 6.03 Å². The van der Waals surface area contributed by atoms with Gasteiger partial charge in [0.25, 0.3) is 5.91 Å². The summed E-state index contributed by atoms with van der Waals surface area (Å²) in [6.07, 6.45) is 7.33. The van der Waals surface area contributed by atoms with Crippen LogP contribution >= 0.6 is 0 Å². The molecule has 4 rings (SSSR count). The lowest BCUT2D eigenvalue weighted by atomic mass is 9.95. The van der Waals surface area contributed by atoms with Crippen LogP contribution in [-0.4, -0.2) is 47.0 Å². The Morgan fingerprint density at radius 2 is 1.63 bits per heavy atom. The van der Waals surface area contributed by atoms with Gasteiger partial charge in [-0.2, -0.15) is 0 Å². The normalized spacial score (nSPS) is 18.2. The first kappa shape index (κ1) is 20.4. The molecule has 1 saturated carbocycles. The maximum atomic E-state index is 12.7. The second-order valence-electron chi connectivity index (χ2n) is 8.31. The van der Waals surface area contributed by atoms with Gasteiger partial charge in [0, 0.05) is 30.7 Å². The van der Waals surface area contributed by atoms with E-state index in [1.54, 1.807) is 6.92 Å². The molecule has 7 heteroatoms. The topological polar surface area (TPSA) is 87.5 Å². The second-order valence-corrected chi connectivity index (χ2v) is 8.31. The monoisotopic (exact) mass is 410 g/mol. The van der Waals surface area contributed by atoms with Crippen LogP contribution in [0.25, 0.3) is 11.5 Å². The highest BCUT2D eigenvalue weighted by Gasteiger charge is 2.27. The maximum Gasteiger partial charge on any atom is 0.317 e. The molecule has 30 heavy (non-hydrogen) atoms. The molecule has 7 nitrogen and oxygen atoms in total. The highest BCUT2D eigenvalue weighted by Crippen LogP contribution is 2.22. The number of amides is 3. The Balaban J connectivity index is 1.28. The van der Waals surface area contributed by atoms with Crippen LogP contribution < -0.4 is 10.6 Å². The van der Waals surface area contributed by atoms with E-state index >= 15 is 0 Å². The Labute approximate surface area is 177 Å². The Morgan fingerprint density at radius 3 is 2.33 bits per heavy atom. The number of rotatable bonds is 4. The van der Waals surface area contributed by atoms with Gasteiger partial charge in [-0.1, -0.05) is 37.5 Å². The molecule has 2 aromatic rings. The van der Waals surface area contributed by atoms with Crippen molar-refractivity contribution in [1.29, 1.82) is 0 Å². The molecule has 1 saturated heterocycles. The quantitative estimate of drug-likeness (QED) is 0.801. The molecule has 1 aromatic heterocycles. The molecule has 2 N–H and O–H groups in total. The molecule has 0 radical (unpaired) electrons. The van der Waals surface area contributed by atoms with Gasteiger partial charge in [-0.05, 0) is 44.7 Å². The van der Waals surface area contributed by atoms with Crippen molar-refractivity contribution in [2.45, 2.75) is 64.0 Å². The summed E-state index contributed by atoms with van der Waals surface area (Å²) in [6.45, 7) is 3.06. The lowest BCUT2D eigenvalue weighted by molar-refractivity contribution is 0.0911. The van der Waals surface area contributed by atoms with Crippen molar-refractivity contribution in [3.8, 4) is 11.5 Å². The minimum atomic E-state index is -0.219. The molecule has 160 valence electrons. The standard InChI is InChI=1S/C23H30N4O3/c1-16-20(26-22(30-16)17-8-4-2-5-9-17)21(28)24-19-12-14-27(15-13-19)23(29)25-18-10-6-3-7-11-18/h2,4-5,8-9,18-19H,3,6-7,10-15H2,1H3,(H,24,28)(H,25,29). The van der Waals surface area contributed by atoms with E-state index in [4.69, 9.17) is 4.42 Å². The number of piperidine rings is 1. The number of hydrogen-bond donors (Lipinski definition) is 2. The van der Waals surface area contributed by atoms with Gasteiger partial charge in [-0.3, -0.25) is 4.79 Å². The third-order valence-electron chi connectivity index (χ3n) is 6.08. The van der Waals surface area contributed by atoms with E-state index in [0.717, 1.165) is 31.2 Å². The van der Waals surface area contributed by atoms with Crippen LogP contribution in [0.4, 0.5) is 4.79 Å². The Kier molecular flexibility index (Phi) is 6.35. The lowest BCUT2D eigenvalue weighted by Crippen LogP contribution is -2.51. The van der Waals surface area contributed by atoms with Gasteiger partial charge in [-0.15, -0.1) is 0 Å². The van der Waals surface area contributed by atoms with E-state index in [2.05, 4.69) is 15.6 Å². The van der Waals surface area contributed by atoms with Crippen LogP contribution in [0.1, 0.15) is 61.2 Å². The summed E-state index contributed by atoms with van der Waals surface area (Å²) in [4.78, 5) is 31.5. The molecule has 1 aliphatic carbocycles. The summed E-state index contributed by atoms with van der Waals surface area (Å²) in [5, 5.41) is 6.23. The molecule has 1 aromatic carbocycles. The fourth-order valence-electron chi connectivity index (χ4n) is 4.30. The molecule has 0 unspecified atom stereocenters. The van der Waals surface area contributed by atoms with E-state index in [9.17, 15) is 9.59 Å². The Morgan fingerprint density at radius 1 is 0.967 bits per heavy atom. The molecule has 2 fully saturated rings. The van der Waals surface area contributed by atoms with Crippen LogP contribution in [0, 0.1) is 6.92 Å². The van der Waals surface area contributed by atoms with E-state index < -0.39 is 0 Å². The van der Waals surface area contributed by atoms with Crippen molar-refractivity contribution >= 4 is 11.9 Å². The fourth-order valence-corrected chi connectivity index (χ4v) is 4.30. The highest BCUT2D eigenvalue weighted by atomic mass is 16.4. The molecule has 0 bridgehead atoms. The summed E-state index contributed by atoms with van der Waals surface area (Å²) in [6, 6.07) is 9.94. The molecule has 0 atom stereocenters. The van der Waals surface area contributed by atoms with Crippen molar-refractivity contribution < 1.29 is 14.0 Å². The zero-order valence-corrected chi connectivity index (χ0v) is 17.5. The van der Waals surface area contributed by atoms with Crippen molar-refractivity contribution in [3.05, 3.63) is 41.8 Å². The number of benzene rings is 1. The summed E-state index contributed by atoms with van der Waals surface area (Å²) in [7, 11) is 0. The van der Waals surface area contributed by atoms with Gasteiger partial charge in [0.1, 0.15) is 5.76 Å².